The van der Waals surface area contributed by atoms with E-state index >= 15 is 0 Å². The standard InChI is InChI=1S/C10H8F5NO2S/c11-7-5(9(17)18)1-2-6(8(7)12)16-3-4-19-10(13,14)15/h1-2,16H,3-4H2,(H,17,18). The van der Waals surface area contributed by atoms with Crippen molar-refractivity contribution in [2.75, 3.05) is 17.6 Å². The highest BCUT2D eigenvalue weighted by molar-refractivity contribution is 8.00. The van der Waals surface area contributed by atoms with Crippen molar-refractivity contribution in [3.63, 3.8) is 0 Å². The molecule has 2 N–H and O–H groups in total. The van der Waals surface area contributed by atoms with Crippen molar-refractivity contribution in [3.05, 3.63) is 29.3 Å². The van der Waals surface area contributed by atoms with Crippen molar-refractivity contribution in [2.45, 2.75) is 5.51 Å². The monoisotopic (exact) mass is 301 g/mol. The third-order valence-electron chi connectivity index (χ3n) is 2.00. The molecule has 1 aromatic rings. The molecule has 1 aromatic carbocycles. The van der Waals surface area contributed by atoms with Crippen LogP contribution in [0.15, 0.2) is 12.1 Å². The lowest BCUT2D eigenvalue weighted by Crippen LogP contribution is -2.12. The van der Waals surface area contributed by atoms with Gasteiger partial charge in [0.05, 0.1) is 11.3 Å². The molecule has 0 saturated heterocycles. The SMILES string of the molecule is O=C(O)c1ccc(NCCSC(F)(F)F)c(F)c1F. The van der Waals surface area contributed by atoms with E-state index in [1.54, 1.807) is 0 Å². The number of halogens is 5. The maximum Gasteiger partial charge on any atom is 0.441 e. The maximum absolute atomic E-state index is 13.4. The predicted molar refractivity (Wildman–Crippen MR) is 60.3 cm³/mol. The molecular formula is C10H8F5NO2S. The van der Waals surface area contributed by atoms with Gasteiger partial charge in [-0.25, -0.2) is 13.6 Å². The second-order valence-corrected chi connectivity index (χ2v) is 4.47. The second kappa shape index (κ2) is 6.09. The number of thioether (sulfide) groups is 1. The first-order valence-electron chi connectivity index (χ1n) is 4.88. The van der Waals surface area contributed by atoms with E-state index in [0.717, 1.165) is 12.1 Å². The largest absolute Gasteiger partial charge is 0.478 e. The zero-order valence-electron chi connectivity index (χ0n) is 9.22. The van der Waals surface area contributed by atoms with Gasteiger partial charge >= 0.3 is 11.5 Å². The zero-order valence-corrected chi connectivity index (χ0v) is 10.0. The number of aromatic carboxylic acids is 1. The van der Waals surface area contributed by atoms with Crippen LogP contribution in [0.5, 0.6) is 0 Å². The van der Waals surface area contributed by atoms with Crippen LogP contribution in [0.4, 0.5) is 27.6 Å². The number of alkyl halides is 3. The van der Waals surface area contributed by atoms with Crippen LogP contribution in [-0.4, -0.2) is 28.9 Å². The Bertz CT molecular complexity index is 478. The molecule has 0 heterocycles. The molecule has 9 heteroatoms. The minimum Gasteiger partial charge on any atom is -0.478 e. The first-order valence-corrected chi connectivity index (χ1v) is 5.87. The number of carboxylic acids is 1. The lowest BCUT2D eigenvalue weighted by molar-refractivity contribution is -0.0327. The fourth-order valence-electron chi connectivity index (χ4n) is 1.20. The molecule has 0 amide bonds. The topological polar surface area (TPSA) is 49.3 Å². The average molecular weight is 301 g/mol. The Morgan fingerprint density at radius 1 is 1.26 bits per heavy atom. The minimum absolute atomic E-state index is 0.243. The third-order valence-corrected chi connectivity index (χ3v) is 2.73. The van der Waals surface area contributed by atoms with Gasteiger partial charge < -0.3 is 10.4 Å². The summed E-state index contributed by atoms with van der Waals surface area (Å²) in [5.74, 6) is -5.00. The van der Waals surface area contributed by atoms with E-state index in [4.69, 9.17) is 5.11 Å². The van der Waals surface area contributed by atoms with Crippen molar-refractivity contribution in [1.82, 2.24) is 0 Å². The second-order valence-electron chi connectivity index (χ2n) is 3.31. The van der Waals surface area contributed by atoms with Crippen LogP contribution < -0.4 is 5.32 Å². The van der Waals surface area contributed by atoms with Gasteiger partial charge in [-0.2, -0.15) is 13.2 Å². The predicted octanol–water partition coefficient (Wildman–Crippen LogP) is 3.33. The number of carboxylic acid groups (broad SMARTS) is 1. The number of anilines is 1. The molecular weight excluding hydrogens is 293 g/mol. The van der Waals surface area contributed by atoms with Crippen LogP contribution in [0, 0.1) is 11.6 Å². The molecule has 0 aliphatic rings. The van der Waals surface area contributed by atoms with Crippen LogP contribution in [0.1, 0.15) is 10.4 Å². The quantitative estimate of drug-likeness (QED) is 0.647. The molecule has 0 aliphatic heterocycles. The van der Waals surface area contributed by atoms with Crippen LogP contribution in [-0.2, 0) is 0 Å². The Morgan fingerprint density at radius 2 is 1.89 bits per heavy atom. The van der Waals surface area contributed by atoms with Gasteiger partial charge in [-0.1, -0.05) is 0 Å². The van der Waals surface area contributed by atoms with Crippen LogP contribution in [0.3, 0.4) is 0 Å². The summed E-state index contributed by atoms with van der Waals surface area (Å²) >= 11 is -0.302. The smallest absolute Gasteiger partial charge is 0.441 e. The number of nitrogens with one attached hydrogen (secondary N) is 1. The summed E-state index contributed by atoms with van der Waals surface area (Å²) < 4.78 is 62.0. The van der Waals surface area contributed by atoms with Crippen molar-refractivity contribution in [2.24, 2.45) is 0 Å². The molecule has 0 atom stereocenters. The Balaban J connectivity index is 2.66. The zero-order chi connectivity index (χ0) is 14.6. The molecule has 0 saturated carbocycles. The van der Waals surface area contributed by atoms with Crippen LogP contribution >= 0.6 is 11.8 Å². The Morgan fingerprint density at radius 3 is 2.42 bits per heavy atom. The van der Waals surface area contributed by atoms with Gasteiger partial charge in [-0.3, -0.25) is 0 Å². The van der Waals surface area contributed by atoms with Gasteiger partial charge in [0, 0.05) is 12.3 Å². The lowest BCUT2D eigenvalue weighted by atomic mass is 10.2. The molecule has 0 unspecified atom stereocenters. The van der Waals surface area contributed by atoms with E-state index < -0.39 is 28.7 Å². The van der Waals surface area contributed by atoms with Gasteiger partial charge in [0.1, 0.15) is 0 Å². The molecule has 19 heavy (non-hydrogen) atoms. The minimum atomic E-state index is -4.39. The number of hydrogen-bond acceptors (Lipinski definition) is 3. The fraction of sp³-hybridized carbons (Fsp3) is 0.300. The van der Waals surface area contributed by atoms with Gasteiger partial charge in [0.25, 0.3) is 0 Å². The van der Waals surface area contributed by atoms with Crippen molar-refractivity contribution >= 4 is 23.4 Å². The normalized spacial score (nSPS) is 11.4. The van der Waals surface area contributed by atoms with Crippen molar-refractivity contribution < 1.29 is 31.9 Å². The van der Waals surface area contributed by atoms with E-state index in [2.05, 4.69) is 5.32 Å². The summed E-state index contributed by atoms with van der Waals surface area (Å²) in [7, 11) is 0. The molecule has 3 nitrogen and oxygen atoms in total. The number of hydrogen-bond donors (Lipinski definition) is 2. The highest BCUT2D eigenvalue weighted by atomic mass is 32.2. The van der Waals surface area contributed by atoms with E-state index in [-0.39, 0.29) is 29.7 Å². The molecule has 0 aliphatic carbocycles. The number of carbonyl (C=O) groups is 1. The van der Waals surface area contributed by atoms with Gasteiger partial charge in [0.15, 0.2) is 11.6 Å². The van der Waals surface area contributed by atoms with E-state index in [1.807, 2.05) is 0 Å². The third kappa shape index (κ3) is 4.58. The molecule has 106 valence electrons. The van der Waals surface area contributed by atoms with E-state index in [9.17, 15) is 26.7 Å². The Labute approximate surface area is 108 Å². The molecule has 0 radical (unpaired) electrons. The molecule has 0 spiro atoms. The summed E-state index contributed by atoms with van der Waals surface area (Å²) in [4.78, 5) is 10.5. The van der Waals surface area contributed by atoms with Crippen molar-refractivity contribution in [1.29, 1.82) is 0 Å². The van der Waals surface area contributed by atoms with Crippen LogP contribution in [0.25, 0.3) is 0 Å². The number of rotatable bonds is 5. The molecule has 0 bridgehead atoms. The number of benzene rings is 1. The first-order chi connectivity index (χ1) is 8.72. The van der Waals surface area contributed by atoms with Gasteiger partial charge in [-0.05, 0) is 23.9 Å². The highest BCUT2D eigenvalue weighted by Crippen LogP contribution is 2.29. The Kier molecular flexibility index (Phi) is 4.98. The van der Waals surface area contributed by atoms with Gasteiger partial charge in [-0.15, -0.1) is 0 Å². The van der Waals surface area contributed by atoms with Crippen LogP contribution in [0.2, 0.25) is 0 Å². The average Bonchev–Trinajstić information content (AvgIpc) is 2.28. The van der Waals surface area contributed by atoms with Crippen molar-refractivity contribution in [3.8, 4) is 0 Å². The lowest BCUT2D eigenvalue weighted by Gasteiger charge is -2.10. The van der Waals surface area contributed by atoms with Gasteiger partial charge in [0.2, 0.25) is 0 Å². The summed E-state index contributed by atoms with van der Waals surface area (Å²) in [6, 6.07) is 1.79. The van der Waals surface area contributed by atoms with E-state index in [1.165, 1.54) is 0 Å². The molecule has 1 rings (SSSR count). The summed E-state index contributed by atoms with van der Waals surface area (Å²) in [5.41, 5.74) is -5.61. The summed E-state index contributed by atoms with van der Waals surface area (Å²) in [6.45, 7) is -0.243. The fourth-order valence-corrected chi connectivity index (χ4v) is 1.64. The maximum atomic E-state index is 13.4. The first kappa shape index (κ1) is 15.5. The summed E-state index contributed by atoms with van der Waals surface area (Å²) in [6.07, 6.45) is 0. The van der Waals surface area contributed by atoms with E-state index in [0.29, 0.717) is 0 Å². The molecule has 0 fully saturated rings. The highest BCUT2D eigenvalue weighted by Gasteiger charge is 2.27. The summed E-state index contributed by atoms with van der Waals surface area (Å²) in [5, 5.41) is 10.8. The molecule has 0 aromatic heterocycles. The Hall–Kier alpha value is -1.51.